The normalized spacial score (nSPS) is 30.4. The van der Waals surface area contributed by atoms with Crippen molar-refractivity contribution in [3.63, 3.8) is 0 Å². The van der Waals surface area contributed by atoms with Crippen LogP contribution in [-0.4, -0.2) is 0 Å². The third kappa shape index (κ3) is 3.69. The summed E-state index contributed by atoms with van der Waals surface area (Å²) in [5, 5.41) is 0. The van der Waals surface area contributed by atoms with Crippen molar-refractivity contribution in [3.8, 4) is 0 Å². The molecule has 1 aromatic rings. The Kier molecular flexibility index (Phi) is 6.15. The number of aryl methyl sites for hydroxylation is 1. The highest BCUT2D eigenvalue weighted by molar-refractivity contribution is 5.87. The molecule has 0 saturated carbocycles. The lowest BCUT2D eigenvalue weighted by Crippen LogP contribution is -2.52. The summed E-state index contributed by atoms with van der Waals surface area (Å²) in [6, 6.07) is 4.68. The minimum atomic E-state index is -0.110. The summed E-state index contributed by atoms with van der Waals surface area (Å²) < 4.78 is 0. The van der Waals surface area contributed by atoms with Crippen LogP contribution in [-0.2, 0) is 6.42 Å². The summed E-state index contributed by atoms with van der Waals surface area (Å²) >= 11 is 0. The first-order valence-corrected chi connectivity index (χ1v) is 14.0. The van der Waals surface area contributed by atoms with Crippen LogP contribution in [0.3, 0.4) is 0 Å². The topological polar surface area (TPSA) is 0 Å². The summed E-state index contributed by atoms with van der Waals surface area (Å²) in [6.07, 6.45) is 4.36. The number of allylic oxidation sites excluding steroid dienone is 7. The van der Waals surface area contributed by atoms with E-state index in [9.17, 15) is 0 Å². The van der Waals surface area contributed by atoms with E-state index in [1.54, 1.807) is 5.56 Å². The minimum Gasteiger partial charge on any atom is -0.0952 e. The molecule has 0 unspecified atom stereocenters. The highest BCUT2D eigenvalue weighted by atomic mass is 14.6. The molecule has 3 atom stereocenters. The van der Waals surface area contributed by atoms with E-state index >= 15 is 0 Å². The van der Waals surface area contributed by atoms with Crippen LogP contribution < -0.4 is 0 Å². The molecule has 0 saturated heterocycles. The quantitative estimate of drug-likeness (QED) is 0.402. The second kappa shape index (κ2) is 8.21. The molecule has 4 rings (SSSR count). The van der Waals surface area contributed by atoms with Gasteiger partial charge in [-0.1, -0.05) is 98.4 Å². The molecule has 194 valence electrons. The maximum Gasteiger partial charge on any atom is 0.0194 e. The molecule has 0 nitrogen and oxygen atoms in total. The van der Waals surface area contributed by atoms with E-state index in [0.717, 1.165) is 25.7 Å². The SMILES string of the molecule is C=C(CC(C)(C)C)C1=C(C)C[C@@]2(C)C[C@@]3(C)Cc4c(C(C)C)ccc(C)c4C(=C)C3=C(C)[C@@]2(C)C1=C. The summed E-state index contributed by atoms with van der Waals surface area (Å²) in [6.45, 7) is 40.4. The van der Waals surface area contributed by atoms with Gasteiger partial charge in [0.05, 0.1) is 0 Å². The van der Waals surface area contributed by atoms with Crippen LogP contribution >= 0.6 is 0 Å². The molecule has 0 bridgehead atoms. The molecule has 0 radical (unpaired) electrons. The Morgan fingerprint density at radius 2 is 1.61 bits per heavy atom. The highest BCUT2D eigenvalue weighted by Crippen LogP contribution is 2.70. The van der Waals surface area contributed by atoms with Crippen molar-refractivity contribution < 1.29 is 0 Å². The van der Waals surface area contributed by atoms with Crippen LogP contribution in [0.4, 0.5) is 0 Å². The Hall–Kier alpha value is -2.08. The summed E-state index contributed by atoms with van der Waals surface area (Å²) in [5.41, 5.74) is 15.7. The van der Waals surface area contributed by atoms with E-state index in [4.69, 9.17) is 13.2 Å². The van der Waals surface area contributed by atoms with Gasteiger partial charge >= 0.3 is 0 Å². The Balaban J connectivity index is 1.94. The lowest BCUT2D eigenvalue weighted by molar-refractivity contribution is 0.0541. The fourth-order valence-corrected chi connectivity index (χ4v) is 8.73. The van der Waals surface area contributed by atoms with Crippen molar-refractivity contribution in [2.24, 2.45) is 21.7 Å². The zero-order valence-electron chi connectivity index (χ0n) is 25.2. The first-order chi connectivity index (χ1) is 16.4. The third-order valence-corrected chi connectivity index (χ3v) is 10.2. The molecule has 0 N–H and O–H groups in total. The van der Waals surface area contributed by atoms with E-state index in [1.807, 2.05) is 0 Å². The van der Waals surface area contributed by atoms with Gasteiger partial charge in [0.1, 0.15) is 0 Å². The van der Waals surface area contributed by atoms with Gasteiger partial charge in [0.2, 0.25) is 0 Å². The number of hydrogen-bond acceptors (Lipinski definition) is 0. The molecule has 0 amide bonds. The summed E-state index contributed by atoms with van der Waals surface area (Å²) in [7, 11) is 0. The first kappa shape index (κ1) is 27.0. The monoisotopic (exact) mass is 482 g/mol. The van der Waals surface area contributed by atoms with Crippen LogP contribution in [0.1, 0.15) is 117 Å². The van der Waals surface area contributed by atoms with E-state index in [0.29, 0.717) is 5.92 Å². The summed E-state index contributed by atoms with van der Waals surface area (Å²) in [5.74, 6) is 0.517. The lowest BCUT2D eigenvalue weighted by Gasteiger charge is -2.62. The maximum atomic E-state index is 4.85. The third-order valence-electron chi connectivity index (χ3n) is 10.2. The van der Waals surface area contributed by atoms with Crippen LogP contribution in [0.5, 0.6) is 0 Å². The second-order valence-electron chi connectivity index (χ2n) is 14.7. The Morgan fingerprint density at radius 3 is 2.17 bits per heavy atom. The molecular weight excluding hydrogens is 432 g/mol. The van der Waals surface area contributed by atoms with Crippen molar-refractivity contribution in [3.05, 3.63) is 87.6 Å². The van der Waals surface area contributed by atoms with E-state index in [-0.39, 0.29) is 21.7 Å². The lowest BCUT2D eigenvalue weighted by atomic mass is 9.41. The van der Waals surface area contributed by atoms with Gasteiger partial charge in [-0.15, -0.1) is 0 Å². The van der Waals surface area contributed by atoms with Crippen molar-refractivity contribution in [1.82, 2.24) is 0 Å². The molecule has 0 aliphatic heterocycles. The van der Waals surface area contributed by atoms with Crippen LogP contribution in [0.2, 0.25) is 0 Å². The molecule has 0 heterocycles. The summed E-state index contributed by atoms with van der Waals surface area (Å²) in [4.78, 5) is 0. The molecule has 0 fully saturated rings. The molecular formula is C36H50. The van der Waals surface area contributed by atoms with Crippen LogP contribution in [0.15, 0.2) is 65.3 Å². The first-order valence-electron chi connectivity index (χ1n) is 14.0. The molecule has 0 spiro atoms. The number of hydrogen-bond donors (Lipinski definition) is 0. The van der Waals surface area contributed by atoms with Crippen molar-refractivity contribution in [2.75, 3.05) is 0 Å². The second-order valence-corrected chi connectivity index (χ2v) is 14.7. The molecule has 0 aromatic heterocycles. The smallest absolute Gasteiger partial charge is 0.0194 e. The molecule has 3 aliphatic rings. The Morgan fingerprint density at radius 1 is 1.00 bits per heavy atom. The van der Waals surface area contributed by atoms with Gasteiger partial charge in [-0.2, -0.15) is 0 Å². The number of benzene rings is 1. The van der Waals surface area contributed by atoms with Gasteiger partial charge in [-0.3, -0.25) is 0 Å². The Labute approximate surface area is 222 Å². The van der Waals surface area contributed by atoms with Gasteiger partial charge in [0, 0.05) is 5.41 Å². The fourth-order valence-electron chi connectivity index (χ4n) is 8.73. The predicted octanol–water partition coefficient (Wildman–Crippen LogP) is 10.7. The van der Waals surface area contributed by atoms with E-state index < -0.39 is 0 Å². The average Bonchev–Trinajstić information content (AvgIpc) is 2.68. The van der Waals surface area contributed by atoms with Gasteiger partial charge in [-0.05, 0) is 119 Å². The molecule has 0 heteroatoms. The van der Waals surface area contributed by atoms with E-state index in [1.165, 1.54) is 55.7 Å². The highest BCUT2D eigenvalue weighted by Gasteiger charge is 2.60. The fraction of sp³-hybridized carbons (Fsp3) is 0.556. The zero-order chi connectivity index (χ0) is 27.2. The van der Waals surface area contributed by atoms with Gasteiger partial charge in [0.15, 0.2) is 0 Å². The molecule has 1 aromatic carbocycles. The Bertz CT molecular complexity index is 1250. The largest absolute Gasteiger partial charge is 0.0952 e. The number of fused-ring (bicyclic) bond motifs is 3. The van der Waals surface area contributed by atoms with Crippen molar-refractivity contribution in [1.29, 1.82) is 0 Å². The maximum absolute atomic E-state index is 4.85. The van der Waals surface area contributed by atoms with Crippen molar-refractivity contribution in [2.45, 2.75) is 108 Å². The van der Waals surface area contributed by atoms with E-state index in [2.05, 4.69) is 94.9 Å². The minimum absolute atomic E-state index is 0.0837. The van der Waals surface area contributed by atoms with Gasteiger partial charge < -0.3 is 0 Å². The molecule has 36 heavy (non-hydrogen) atoms. The zero-order valence-corrected chi connectivity index (χ0v) is 25.2. The van der Waals surface area contributed by atoms with Crippen LogP contribution in [0.25, 0.3) is 5.57 Å². The molecule has 3 aliphatic carbocycles. The van der Waals surface area contributed by atoms with Gasteiger partial charge in [0.25, 0.3) is 0 Å². The van der Waals surface area contributed by atoms with Crippen molar-refractivity contribution >= 4 is 5.57 Å². The standard InChI is InChI=1S/C36H50/c1-21(2)28-16-15-22(3)31-25(6)32-27(8)36(14)26(7)30(23(4)17-33(9,10)11)24(5)18-35(36,13)20-34(32,12)19-29(28)31/h15-16,21H,4,6-7,17-20H2,1-3,5,8-14H3/t34-,35+,36-/m1/s1. The average molecular weight is 483 g/mol. The van der Waals surface area contributed by atoms with Crippen LogP contribution in [0, 0.1) is 28.6 Å². The number of rotatable bonds is 3. The predicted molar refractivity (Wildman–Crippen MR) is 159 cm³/mol. The van der Waals surface area contributed by atoms with Gasteiger partial charge in [-0.25, -0.2) is 0 Å².